The Bertz CT molecular complexity index is 1380. The molecule has 35 heavy (non-hydrogen) atoms. The number of aliphatic hydroxyl groups is 2. The highest BCUT2D eigenvalue weighted by molar-refractivity contribution is 5.62. The molecule has 3 N–H and O–H groups in total. The molecule has 1 aliphatic heterocycles. The standard InChI is InChI=1S/C25H23F3N4O3/c1-24(2,34)15-9-7-14(8-10-15)17-11-12-20-30-22-18(33)13-29-21(23(22)32(20)31-17)16-5-3-4-6-19(16)35-25(26,27)28/h3-12,18,21,29,33-34H,13H2,1-2H3. The summed E-state index contributed by atoms with van der Waals surface area (Å²) in [6.45, 7) is 3.50. The number of nitrogens with one attached hydrogen (secondary N) is 1. The Labute approximate surface area is 198 Å². The molecule has 4 aromatic rings. The maximum atomic E-state index is 13.1. The van der Waals surface area contributed by atoms with Crippen LogP contribution in [0.1, 0.15) is 48.5 Å². The first kappa shape index (κ1) is 23.3. The van der Waals surface area contributed by atoms with E-state index in [-0.39, 0.29) is 17.9 Å². The van der Waals surface area contributed by atoms with Gasteiger partial charge in [0.15, 0.2) is 5.65 Å². The SMILES string of the molecule is CC(C)(O)c1ccc(-c2ccc3nc4c(n3n2)C(c2ccccc2OC(F)(F)F)NCC4O)cc1. The molecule has 3 heterocycles. The van der Waals surface area contributed by atoms with Gasteiger partial charge in [-0.05, 0) is 37.6 Å². The Kier molecular flexibility index (Phi) is 5.54. The number of alkyl halides is 3. The van der Waals surface area contributed by atoms with Crippen molar-refractivity contribution in [1.82, 2.24) is 19.9 Å². The van der Waals surface area contributed by atoms with Gasteiger partial charge >= 0.3 is 6.36 Å². The fraction of sp³-hybridized carbons (Fsp3) is 0.280. The second-order valence-corrected chi connectivity index (χ2v) is 8.95. The molecular weight excluding hydrogens is 461 g/mol. The summed E-state index contributed by atoms with van der Waals surface area (Å²) in [5.41, 5.74) is 2.62. The zero-order chi connectivity index (χ0) is 25.0. The van der Waals surface area contributed by atoms with E-state index in [1.807, 2.05) is 24.3 Å². The van der Waals surface area contributed by atoms with E-state index in [0.717, 1.165) is 11.1 Å². The first-order chi connectivity index (χ1) is 16.5. The summed E-state index contributed by atoms with van der Waals surface area (Å²) in [5, 5.41) is 28.6. The van der Waals surface area contributed by atoms with Gasteiger partial charge in [-0.3, -0.25) is 0 Å². The van der Waals surface area contributed by atoms with Crippen LogP contribution in [-0.4, -0.2) is 37.7 Å². The van der Waals surface area contributed by atoms with Crippen molar-refractivity contribution in [2.75, 3.05) is 6.54 Å². The fourth-order valence-corrected chi connectivity index (χ4v) is 4.30. The van der Waals surface area contributed by atoms with Crippen LogP contribution < -0.4 is 10.1 Å². The van der Waals surface area contributed by atoms with Crippen molar-refractivity contribution in [1.29, 1.82) is 0 Å². The second kappa shape index (κ2) is 8.33. The van der Waals surface area contributed by atoms with Crippen LogP contribution in [0.2, 0.25) is 0 Å². The molecule has 7 nitrogen and oxygen atoms in total. The highest BCUT2D eigenvalue weighted by Crippen LogP contribution is 2.38. The maximum Gasteiger partial charge on any atom is 0.573 e. The molecule has 2 aromatic heterocycles. The molecule has 0 saturated carbocycles. The molecule has 0 saturated heterocycles. The number of fused-ring (bicyclic) bond motifs is 3. The summed E-state index contributed by atoms with van der Waals surface area (Å²) in [6, 6.07) is 15.9. The van der Waals surface area contributed by atoms with Gasteiger partial charge in [-0.15, -0.1) is 13.2 Å². The molecule has 182 valence electrons. The van der Waals surface area contributed by atoms with E-state index in [1.165, 1.54) is 12.1 Å². The van der Waals surface area contributed by atoms with Crippen molar-refractivity contribution in [3.63, 3.8) is 0 Å². The third-order valence-corrected chi connectivity index (χ3v) is 5.99. The number of ether oxygens (including phenoxy) is 1. The Hall–Kier alpha value is -3.47. The van der Waals surface area contributed by atoms with Crippen LogP contribution in [0, 0.1) is 0 Å². The summed E-state index contributed by atoms with van der Waals surface area (Å²) in [4.78, 5) is 4.51. The van der Waals surface area contributed by atoms with Crippen LogP contribution in [0.4, 0.5) is 13.2 Å². The smallest absolute Gasteiger partial charge is 0.405 e. The van der Waals surface area contributed by atoms with Crippen molar-refractivity contribution in [2.24, 2.45) is 0 Å². The van der Waals surface area contributed by atoms with Gasteiger partial charge in [0, 0.05) is 17.7 Å². The lowest BCUT2D eigenvalue weighted by Gasteiger charge is -2.28. The van der Waals surface area contributed by atoms with Gasteiger partial charge in [-0.2, -0.15) is 5.10 Å². The predicted molar refractivity (Wildman–Crippen MR) is 122 cm³/mol. The van der Waals surface area contributed by atoms with Crippen molar-refractivity contribution in [3.05, 3.63) is 83.2 Å². The molecule has 1 aliphatic rings. The van der Waals surface area contributed by atoms with Crippen LogP contribution >= 0.6 is 0 Å². The van der Waals surface area contributed by atoms with Gasteiger partial charge in [0.2, 0.25) is 0 Å². The molecule has 2 unspecified atom stereocenters. The molecule has 10 heteroatoms. The predicted octanol–water partition coefficient (Wildman–Crippen LogP) is 4.25. The number of nitrogens with zero attached hydrogens (tertiary/aromatic N) is 3. The van der Waals surface area contributed by atoms with Crippen molar-refractivity contribution in [2.45, 2.75) is 38.0 Å². The molecule has 0 radical (unpaired) electrons. The minimum atomic E-state index is -4.85. The highest BCUT2D eigenvalue weighted by atomic mass is 19.4. The van der Waals surface area contributed by atoms with Gasteiger partial charge in [0.25, 0.3) is 0 Å². The van der Waals surface area contributed by atoms with E-state index in [9.17, 15) is 23.4 Å². The summed E-state index contributed by atoms with van der Waals surface area (Å²) in [6.07, 6.45) is -5.80. The molecular formula is C25H23F3N4O3. The number of rotatable bonds is 4. The number of aliphatic hydroxyl groups excluding tert-OH is 1. The largest absolute Gasteiger partial charge is 0.573 e. The number of hydrogen-bond acceptors (Lipinski definition) is 6. The molecule has 0 aliphatic carbocycles. The summed E-state index contributed by atoms with van der Waals surface area (Å²) >= 11 is 0. The minimum Gasteiger partial charge on any atom is -0.405 e. The van der Waals surface area contributed by atoms with Crippen LogP contribution in [-0.2, 0) is 5.60 Å². The van der Waals surface area contributed by atoms with E-state index >= 15 is 0 Å². The zero-order valence-electron chi connectivity index (χ0n) is 18.9. The van der Waals surface area contributed by atoms with Gasteiger partial charge in [0.05, 0.1) is 28.7 Å². The average Bonchev–Trinajstić information content (AvgIpc) is 3.18. The monoisotopic (exact) mass is 484 g/mol. The van der Waals surface area contributed by atoms with E-state index in [2.05, 4.69) is 15.0 Å². The lowest BCUT2D eigenvalue weighted by Crippen LogP contribution is -2.35. The topological polar surface area (TPSA) is 91.9 Å². The molecule has 2 atom stereocenters. The molecule has 0 bridgehead atoms. The van der Waals surface area contributed by atoms with Crippen molar-refractivity contribution in [3.8, 4) is 17.0 Å². The number of β-amino-alcohol motifs (C(OH)–C–C–N with tert-alkyl or cyclic N) is 1. The number of aromatic nitrogens is 3. The van der Waals surface area contributed by atoms with Gasteiger partial charge in [-0.25, -0.2) is 9.50 Å². The molecule has 0 amide bonds. The second-order valence-electron chi connectivity index (χ2n) is 8.95. The summed E-state index contributed by atoms with van der Waals surface area (Å²) < 4.78 is 45.0. The minimum absolute atomic E-state index is 0.104. The van der Waals surface area contributed by atoms with Crippen LogP contribution in [0.5, 0.6) is 5.75 Å². The Balaban J connectivity index is 1.63. The van der Waals surface area contributed by atoms with E-state index < -0.39 is 24.1 Å². The van der Waals surface area contributed by atoms with E-state index in [0.29, 0.717) is 22.7 Å². The maximum absolute atomic E-state index is 13.1. The molecule has 2 aromatic carbocycles. The number of halogens is 3. The summed E-state index contributed by atoms with van der Waals surface area (Å²) in [5.74, 6) is -0.340. The Morgan fingerprint density at radius 2 is 1.74 bits per heavy atom. The molecule has 0 spiro atoms. The lowest BCUT2D eigenvalue weighted by molar-refractivity contribution is -0.275. The number of para-hydroxylation sites is 1. The van der Waals surface area contributed by atoms with E-state index in [1.54, 1.807) is 42.6 Å². The fourth-order valence-electron chi connectivity index (χ4n) is 4.30. The first-order valence-corrected chi connectivity index (χ1v) is 11.0. The van der Waals surface area contributed by atoms with Gasteiger partial charge in [-0.1, -0.05) is 42.5 Å². The average molecular weight is 484 g/mol. The Morgan fingerprint density at radius 1 is 1.03 bits per heavy atom. The van der Waals surface area contributed by atoms with Gasteiger partial charge < -0.3 is 20.3 Å². The third-order valence-electron chi connectivity index (χ3n) is 5.99. The highest BCUT2D eigenvalue weighted by Gasteiger charge is 2.37. The van der Waals surface area contributed by atoms with Crippen LogP contribution in [0.3, 0.4) is 0 Å². The Morgan fingerprint density at radius 3 is 2.43 bits per heavy atom. The van der Waals surface area contributed by atoms with Gasteiger partial charge in [0.1, 0.15) is 11.9 Å². The normalized spacial score (nSPS) is 18.5. The number of benzene rings is 2. The van der Waals surface area contributed by atoms with Crippen LogP contribution in [0.15, 0.2) is 60.7 Å². The first-order valence-electron chi connectivity index (χ1n) is 11.0. The summed E-state index contributed by atoms with van der Waals surface area (Å²) in [7, 11) is 0. The zero-order valence-corrected chi connectivity index (χ0v) is 18.9. The number of imidazole rings is 1. The lowest BCUT2D eigenvalue weighted by atomic mass is 9.96. The number of hydrogen-bond donors (Lipinski definition) is 3. The van der Waals surface area contributed by atoms with Crippen molar-refractivity contribution < 1.29 is 28.1 Å². The third kappa shape index (κ3) is 4.47. The molecule has 5 rings (SSSR count). The molecule has 0 fully saturated rings. The van der Waals surface area contributed by atoms with E-state index in [4.69, 9.17) is 5.10 Å². The quantitative estimate of drug-likeness (QED) is 0.401. The van der Waals surface area contributed by atoms with Crippen LogP contribution in [0.25, 0.3) is 16.9 Å². The van der Waals surface area contributed by atoms with Crippen molar-refractivity contribution >= 4 is 5.65 Å².